The molecule has 2 rings (SSSR count). The van der Waals surface area contributed by atoms with Gasteiger partial charge in [-0.1, -0.05) is 4.49 Å². The van der Waals surface area contributed by atoms with Crippen LogP contribution in [0.15, 0.2) is 5.38 Å². The van der Waals surface area contributed by atoms with Gasteiger partial charge in [-0.05, 0) is 18.5 Å². The predicted molar refractivity (Wildman–Crippen MR) is 60.5 cm³/mol. The van der Waals surface area contributed by atoms with Gasteiger partial charge in [0.15, 0.2) is 5.69 Å². The molecule has 0 radical (unpaired) electrons. The fourth-order valence-corrected chi connectivity index (χ4v) is 1.98. The molecule has 0 saturated carbocycles. The summed E-state index contributed by atoms with van der Waals surface area (Å²) in [6.45, 7) is 4.48. The van der Waals surface area contributed by atoms with E-state index in [2.05, 4.69) is 14.9 Å². The van der Waals surface area contributed by atoms with Crippen LogP contribution in [0.3, 0.4) is 0 Å². The number of carbonyl (C=O) groups is 1. The number of nitrogens with one attached hydrogen (secondary N) is 1. The number of aromatic nitrogens is 2. The van der Waals surface area contributed by atoms with Crippen LogP contribution in [0.2, 0.25) is 0 Å². The zero-order valence-corrected chi connectivity index (χ0v) is 9.98. The minimum atomic E-state index is -0.00671. The number of amides is 1. The van der Waals surface area contributed by atoms with Crippen molar-refractivity contribution in [3.8, 4) is 0 Å². The zero-order valence-electron chi connectivity index (χ0n) is 8.34. The van der Waals surface area contributed by atoms with Gasteiger partial charge in [0, 0.05) is 31.1 Å². The van der Waals surface area contributed by atoms with Crippen molar-refractivity contribution in [2.24, 2.45) is 0 Å². The molecule has 1 amide bonds. The van der Waals surface area contributed by atoms with E-state index in [4.69, 9.17) is 0 Å². The number of nitrogens with zero attached hydrogens (tertiary/aromatic N) is 3. The zero-order chi connectivity index (χ0) is 9.97. The van der Waals surface area contributed by atoms with Crippen LogP contribution in [-0.4, -0.2) is 46.1 Å². The van der Waals surface area contributed by atoms with Gasteiger partial charge in [0.2, 0.25) is 0 Å². The average Bonchev–Trinajstić information content (AvgIpc) is 2.70. The molecule has 0 aromatic carbocycles. The molecule has 0 bridgehead atoms. The highest BCUT2D eigenvalue weighted by atomic mass is 35.5. The highest BCUT2D eigenvalue weighted by Crippen LogP contribution is 2.08. The SMILES string of the molecule is C[C@H]1CNCCN1C(=O)c1csnn1.Cl. The van der Waals surface area contributed by atoms with Gasteiger partial charge in [-0.2, -0.15) is 0 Å². The third-order valence-electron chi connectivity index (χ3n) is 2.34. The lowest BCUT2D eigenvalue weighted by Gasteiger charge is -2.33. The molecule has 1 aliphatic heterocycles. The predicted octanol–water partition coefficient (Wildman–Crippen LogP) is 0.394. The van der Waals surface area contributed by atoms with Gasteiger partial charge in [0.1, 0.15) is 0 Å². The second-order valence-electron chi connectivity index (χ2n) is 3.34. The minimum Gasteiger partial charge on any atom is -0.332 e. The van der Waals surface area contributed by atoms with Crippen molar-refractivity contribution in [2.75, 3.05) is 19.6 Å². The van der Waals surface area contributed by atoms with Crippen LogP contribution in [0.4, 0.5) is 0 Å². The molecular weight excluding hydrogens is 236 g/mol. The van der Waals surface area contributed by atoms with Crippen LogP contribution in [0.5, 0.6) is 0 Å². The van der Waals surface area contributed by atoms with Crippen molar-refractivity contribution < 1.29 is 4.79 Å². The first-order chi connectivity index (χ1) is 6.79. The summed E-state index contributed by atoms with van der Waals surface area (Å²) in [4.78, 5) is 13.7. The molecule has 1 aromatic heterocycles. The summed E-state index contributed by atoms with van der Waals surface area (Å²) in [6.07, 6.45) is 0. The van der Waals surface area contributed by atoms with E-state index in [-0.39, 0.29) is 24.4 Å². The van der Waals surface area contributed by atoms with E-state index in [1.807, 2.05) is 11.8 Å². The van der Waals surface area contributed by atoms with Gasteiger partial charge in [-0.15, -0.1) is 17.5 Å². The maximum absolute atomic E-state index is 11.9. The van der Waals surface area contributed by atoms with Gasteiger partial charge in [-0.25, -0.2) is 0 Å². The van der Waals surface area contributed by atoms with Crippen LogP contribution < -0.4 is 5.32 Å². The van der Waals surface area contributed by atoms with E-state index >= 15 is 0 Å². The van der Waals surface area contributed by atoms with Crippen molar-refractivity contribution in [1.82, 2.24) is 19.8 Å². The molecule has 5 nitrogen and oxygen atoms in total. The maximum atomic E-state index is 11.9. The Kier molecular flexibility index (Phi) is 4.44. The fourth-order valence-electron chi connectivity index (χ4n) is 1.55. The Bertz CT molecular complexity index is 318. The Labute approximate surface area is 98.4 Å². The van der Waals surface area contributed by atoms with Crippen LogP contribution in [-0.2, 0) is 0 Å². The lowest BCUT2D eigenvalue weighted by molar-refractivity contribution is 0.0649. The summed E-state index contributed by atoms with van der Waals surface area (Å²) in [5, 5.41) is 8.71. The van der Waals surface area contributed by atoms with E-state index in [0.717, 1.165) is 19.6 Å². The molecule has 1 fully saturated rings. The first kappa shape index (κ1) is 12.4. The van der Waals surface area contributed by atoms with Crippen molar-refractivity contribution in [2.45, 2.75) is 13.0 Å². The monoisotopic (exact) mass is 248 g/mol. The fraction of sp³-hybridized carbons (Fsp3) is 0.625. The topological polar surface area (TPSA) is 58.1 Å². The molecule has 84 valence electrons. The molecule has 0 unspecified atom stereocenters. The molecule has 1 aromatic rings. The van der Waals surface area contributed by atoms with E-state index in [1.54, 1.807) is 5.38 Å². The summed E-state index contributed by atoms with van der Waals surface area (Å²) >= 11 is 1.21. The van der Waals surface area contributed by atoms with Crippen molar-refractivity contribution in [3.05, 3.63) is 11.1 Å². The average molecular weight is 249 g/mol. The normalized spacial score (nSPS) is 20.9. The van der Waals surface area contributed by atoms with E-state index in [1.165, 1.54) is 11.5 Å². The van der Waals surface area contributed by atoms with Gasteiger partial charge < -0.3 is 10.2 Å². The van der Waals surface area contributed by atoms with E-state index in [9.17, 15) is 4.79 Å². The molecule has 0 aliphatic carbocycles. The standard InChI is InChI=1S/C8H12N4OS.ClH/c1-6-4-9-2-3-12(6)8(13)7-5-14-11-10-7;/h5-6,9H,2-4H2,1H3;1H/t6-;/m0./s1. The Morgan fingerprint density at radius 2 is 2.53 bits per heavy atom. The molecule has 1 aliphatic rings. The number of hydrogen-bond donors (Lipinski definition) is 1. The number of carbonyl (C=O) groups excluding carboxylic acids is 1. The van der Waals surface area contributed by atoms with Gasteiger partial charge in [-0.3, -0.25) is 4.79 Å². The summed E-state index contributed by atoms with van der Waals surface area (Å²) < 4.78 is 3.69. The molecule has 2 heterocycles. The summed E-state index contributed by atoms with van der Waals surface area (Å²) in [5.74, 6) is -0.00671. The first-order valence-electron chi connectivity index (χ1n) is 4.58. The largest absolute Gasteiger partial charge is 0.332 e. The molecular formula is C8H13ClN4OS. The van der Waals surface area contributed by atoms with E-state index in [0.29, 0.717) is 5.69 Å². The summed E-state index contributed by atoms with van der Waals surface area (Å²) in [7, 11) is 0. The van der Waals surface area contributed by atoms with Gasteiger partial charge in [0.25, 0.3) is 5.91 Å². The quantitative estimate of drug-likeness (QED) is 0.782. The Morgan fingerprint density at radius 1 is 1.73 bits per heavy atom. The van der Waals surface area contributed by atoms with Crippen molar-refractivity contribution in [1.29, 1.82) is 0 Å². The third-order valence-corrected chi connectivity index (χ3v) is 2.85. The molecule has 7 heteroatoms. The van der Waals surface area contributed by atoms with Gasteiger partial charge in [0.05, 0.1) is 0 Å². The molecule has 0 spiro atoms. The maximum Gasteiger partial charge on any atom is 0.275 e. The number of piperazine rings is 1. The smallest absolute Gasteiger partial charge is 0.275 e. The lowest BCUT2D eigenvalue weighted by Crippen LogP contribution is -2.52. The van der Waals surface area contributed by atoms with Crippen LogP contribution in [0.25, 0.3) is 0 Å². The highest BCUT2D eigenvalue weighted by Gasteiger charge is 2.25. The number of hydrogen-bond acceptors (Lipinski definition) is 5. The molecule has 1 N–H and O–H groups in total. The summed E-state index contributed by atoms with van der Waals surface area (Å²) in [6, 6.07) is 0.234. The van der Waals surface area contributed by atoms with Crippen LogP contribution >= 0.6 is 23.9 Å². The number of halogens is 1. The lowest BCUT2D eigenvalue weighted by atomic mass is 10.2. The second-order valence-corrected chi connectivity index (χ2v) is 3.95. The number of rotatable bonds is 1. The molecule has 1 atom stereocenters. The molecule has 15 heavy (non-hydrogen) atoms. The second kappa shape index (κ2) is 5.39. The highest BCUT2D eigenvalue weighted by molar-refractivity contribution is 7.03. The third kappa shape index (κ3) is 2.64. The summed E-state index contributed by atoms with van der Waals surface area (Å²) in [5.41, 5.74) is 0.462. The van der Waals surface area contributed by atoms with Crippen LogP contribution in [0, 0.1) is 0 Å². The van der Waals surface area contributed by atoms with E-state index < -0.39 is 0 Å². The minimum absolute atomic E-state index is 0. The van der Waals surface area contributed by atoms with Crippen LogP contribution in [0.1, 0.15) is 17.4 Å². The molecule has 1 saturated heterocycles. The van der Waals surface area contributed by atoms with Crippen molar-refractivity contribution >= 4 is 29.8 Å². The Hall–Kier alpha value is -0.720. The first-order valence-corrected chi connectivity index (χ1v) is 5.41. The Balaban J connectivity index is 0.00000112. The van der Waals surface area contributed by atoms with Crippen molar-refractivity contribution in [3.63, 3.8) is 0 Å². The van der Waals surface area contributed by atoms with Gasteiger partial charge >= 0.3 is 0 Å². The Morgan fingerprint density at radius 3 is 3.13 bits per heavy atom.